The molecule has 0 saturated heterocycles. The summed E-state index contributed by atoms with van der Waals surface area (Å²) in [5.74, 6) is 0. The van der Waals surface area contributed by atoms with Crippen molar-refractivity contribution in [2.45, 2.75) is 26.7 Å². The minimum atomic E-state index is -1.23. The Morgan fingerprint density at radius 3 is 2.09 bits per heavy atom. The van der Waals surface area contributed by atoms with Crippen molar-refractivity contribution in [1.82, 2.24) is 4.57 Å². The van der Waals surface area contributed by atoms with Crippen molar-refractivity contribution in [3.63, 3.8) is 0 Å². The van der Waals surface area contributed by atoms with Crippen molar-refractivity contribution in [2.75, 3.05) is 13.1 Å². The van der Waals surface area contributed by atoms with Crippen LogP contribution in [0.3, 0.4) is 0 Å². The molecule has 0 aromatic rings. The Morgan fingerprint density at radius 2 is 1.82 bits per heavy atom. The molecular weight excluding hydrogens is 152 g/mol. The summed E-state index contributed by atoms with van der Waals surface area (Å²) in [6.07, 6.45) is 2.38. The zero-order valence-electron chi connectivity index (χ0n) is 7.71. The minimum absolute atomic E-state index is 1.13. The van der Waals surface area contributed by atoms with Gasteiger partial charge in [0.2, 0.25) is 9.12 Å². The van der Waals surface area contributed by atoms with Crippen LogP contribution in [0.15, 0.2) is 12.3 Å². The van der Waals surface area contributed by atoms with Crippen molar-refractivity contribution in [1.29, 1.82) is 0 Å². The number of rotatable bonds is 6. The topological polar surface area (TPSA) is 29.3 Å². The summed E-state index contributed by atoms with van der Waals surface area (Å²) < 4.78 is 2.38. The van der Waals surface area contributed by atoms with E-state index in [1.807, 2.05) is 5.70 Å². The van der Waals surface area contributed by atoms with Crippen LogP contribution in [-0.2, 0) is 0 Å². The predicted octanol–water partition coefficient (Wildman–Crippen LogP) is 1.01. The van der Waals surface area contributed by atoms with Crippen molar-refractivity contribution < 1.29 is 0 Å². The van der Waals surface area contributed by atoms with Gasteiger partial charge in [0.05, 0.1) is 0 Å². The summed E-state index contributed by atoms with van der Waals surface area (Å²) in [6.45, 7) is 10.4. The van der Waals surface area contributed by atoms with Crippen LogP contribution < -0.4 is 5.40 Å². The molecule has 0 aliphatic rings. The van der Waals surface area contributed by atoms with Crippen molar-refractivity contribution in [3.8, 4) is 0 Å². The molecule has 0 aromatic heterocycles. The molecule has 0 aromatic carbocycles. The second kappa shape index (κ2) is 6.58. The highest BCUT2D eigenvalue weighted by Gasteiger charge is 2.09. The summed E-state index contributed by atoms with van der Waals surface area (Å²) in [6, 6.07) is 0. The van der Waals surface area contributed by atoms with Crippen LogP contribution in [0.5, 0.6) is 0 Å². The standard InChI is InChI=1S/C8H20N2Si/c1-4-7-10(8-5-2)11(9)6-3/h6,11H,3-5,7-9H2,1-2H3. The number of hydrogen-bond acceptors (Lipinski definition) is 2. The third-order valence-corrected chi connectivity index (χ3v) is 3.53. The van der Waals surface area contributed by atoms with E-state index in [1.165, 1.54) is 12.8 Å². The van der Waals surface area contributed by atoms with Gasteiger partial charge in [0, 0.05) is 0 Å². The van der Waals surface area contributed by atoms with Gasteiger partial charge in [-0.25, -0.2) is 0 Å². The summed E-state index contributed by atoms with van der Waals surface area (Å²) in [5.41, 5.74) is 1.94. The van der Waals surface area contributed by atoms with E-state index in [0.29, 0.717) is 0 Å². The average Bonchev–Trinajstić information content (AvgIpc) is 2.03. The lowest BCUT2D eigenvalue weighted by Gasteiger charge is -2.24. The lowest BCUT2D eigenvalue weighted by Crippen LogP contribution is -2.46. The predicted molar refractivity (Wildman–Crippen MR) is 53.7 cm³/mol. The molecule has 1 atom stereocenters. The molecule has 0 heterocycles. The van der Waals surface area contributed by atoms with Gasteiger partial charge < -0.3 is 9.96 Å². The highest BCUT2D eigenvalue weighted by Crippen LogP contribution is 1.95. The molecule has 3 heteroatoms. The fraction of sp³-hybridized carbons (Fsp3) is 0.750. The van der Waals surface area contributed by atoms with Crippen LogP contribution >= 0.6 is 0 Å². The molecule has 66 valence electrons. The average molecular weight is 172 g/mol. The molecule has 0 bridgehead atoms. The minimum Gasteiger partial charge on any atom is -0.338 e. The Labute approximate surface area is 71.8 Å². The van der Waals surface area contributed by atoms with E-state index < -0.39 is 9.12 Å². The second-order valence-electron chi connectivity index (χ2n) is 2.76. The number of hydrogen-bond donors (Lipinski definition) is 1. The first-order chi connectivity index (χ1) is 5.26. The van der Waals surface area contributed by atoms with Crippen LogP contribution in [0, 0.1) is 0 Å². The second-order valence-corrected chi connectivity index (χ2v) is 4.95. The van der Waals surface area contributed by atoms with E-state index in [2.05, 4.69) is 25.0 Å². The Bertz CT molecular complexity index is 100. The fourth-order valence-corrected chi connectivity index (χ4v) is 2.54. The molecular formula is C8H20N2Si. The van der Waals surface area contributed by atoms with Gasteiger partial charge in [0.1, 0.15) is 0 Å². The van der Waals surface area contributed by atoms with Crippen LogP contribution in [-0.4, -0.2) is 26.8 Å². The summed E-state index contributed by atoms with van der Waals surface area (Å²) in [5, 5.41) is 5.94. The zero-order valence-corrected chi connectivity index (χ0v) is 8.87. The van der Waals surface area contributed by atoms with E-state index in [-0.39, 0.29) is 0 Å². The lowest BCUT2D eigenvalue weighted by molar-refractivity contribution is 0.432. The summed E-state index contributed by atoms with van der Waals surface area (Å²) in [7, 11) is -1.23. The van der Waals surface area contributed by atoms with E-state index in [0.717, 1.165) is 13.1 Å². The first-order valence-corrected chi connectivity index (χ1v) is 6.23. The maximum Gasteiger partial charge on any atom is 0.209 e. The smallest absolute Gasteiger partial charge is 0.209 e. The Kier molecular flexibility index (Phi) is 6.50. The number of nitrogens with two attached hydrogens (primary N) is 1. The maximum absolute atomic E-state index is 5.94. The molecule has 0 amide bonds. The summed E-state index contributed by atoms with van der Waals surface area (Å²) >= 11 is 0. The van der Waals surface area contributed by atoms with Crippen LogP contribution in [0.25, 0.3) is 0 Å². The molecule has 0 spiro atoms. The Hall–Kier alpha value is -0.123. The fourth-order valence-electron chi connectivity index (χ4n) is 1.13. The van der Waals surface area contributed by atoms with Crippen molar-refractivity contribution >= 4 is 9.12 Å². The molecule has 2 N–H and O–H groups in total. The van der Waals surface area contributed by atoms with E-state index in [4.69, 9.17) is 5.40 Å². The molecule has 0 aliphatic carbocycles. The normalized spacial score (nSPS) is 13.5. The van der Waals surface area contributed by atoms with Gasteiger partial charge in [-0.2, -0.15) is 0 Å². The van der Waals surface area contributed by atoms with Gasteiger partial charge in [0.25, 0.3) is 0 Å². The monoisotopic (exact) mass is 172 g/mol. The van der Waals surface area contributed by atoms with Gasteiger partial charge in [-0.3, -0.25) is 0 Å². The molecule has 0 rings (SSSR count). The Morgan fingerprint density at radius 1 is 1.36 bits per heavy atom. The molecule has 2 nitrogen and oxygen atoms in total. The van der Waals surface area contributed by atoms with Crippen LogP contribution in [0.1, 0.15) is 26.7 Å². The maximum atomic E-state index is 5.94. The molecule has 11 heavy (non-hydrogen) atoms. The first kappa shape index (κ1) is 10.9. The van der Waals surface area contributed by atoms with Gasteiger partial charge in [-0.05, 0) is 25.9 Å². The third kappa shape index (κ3) is 4.34. The van der Waals surface area contributed by atoms with Gasteiger partial charge in [-0.15, -0.1) is 6.58 Å². The molecule has 0 aliphatic heterocycles. The van der Waals surface area contributed by atoms with E-state index in [9.17, 15) is 0 Å². The molecule has 0 saturated carbocycles. The van der Waals surface area contributed by atoms with Gasteiger partial charge in [0.15, 0.2) is 0 Å². The van der Waals surface area contributed by atoms with Crippen molar-refractivity contribution in [2.24, 2.45) is 5.40 Å². The summed E-state index contributed by atoms with van der Waals surface area (Å²) in [4.78, 5) is 0. The van der Waals surface area contributed by atoms with E-state index in [1.54, 1.807) is 0 Å². The van der Waals surface area contributed by atoms with Gasteiger partial charge in [-0.1, -0.05) is 19.5 Å². The highest BCUT2D eigenvalue weighted by atomic mass is 28.3. The molecule has 0 fully saturated rings. The largest absolute Gasteiger partial charge is 0.338 e. The third-order valence-electron chi connectivity index (χ3n) is 1.68. The van der Waals surface area contributed by atoms with Crippen molar-refractivity contribution in [3.05, 3.63) is 12.3 Å². The molecule has 1 unspecified atom stereocenters. The van der Waals surface area contributed by atoms with Crippen LogP contribution in [0.2, 0.25) is 0 Å². The first-order valence-electron chi connectivity index (χ1n) is 4.38. The number of nitrogens with zero attached hydrogens (tertiary/aromatic N) is 1. The lowest BCUT2D eigenvalue weighted by atomic mass is 10.4. The SMILES string of the molecule is C=C[SiH](N)N(CCC)CCC. The Balaban J connectivity index is 3.75. The zero-order chi connectivity index (χ0) is 8.69. The highest BCUT2D eigenvalue weighted by molar-refractivity contribution is 6.57. The quantitative estimate of drug-likeness (QED) is 0.606. The van der Waals surface area contributed by atoms with E-state index >= 15 is 0 Å². The van der Waals surface area contributed by atoms with Gasteiger partial charge >= 0.3 is 0 Å². The molecule has 0 radical (unpaired) electrons. The van der Waals surface area contributed by atoms with Crippen LogP contribution in [0.4, 0.5) is 0 Å².